The van der Waals surface area contributed by atoms with Crippen molar-refractivity contribution in [2.45, 2.75) is 12.4 Å². The van der Waals surface area contributed by atoms with Crippen molar-refractivity contribution >= 4 is 34.2 Å². The van der Waals surface area contributed by atoms with E-state index >= 15 is 0 Å². The van der Waals surface area contributed by atoms with Crippen LogP contribution in [0.4, 0.5) is 32.0 Å². The number of nitrogens with zero attached hydrogens (tertiary/aromatic N) is 6. The van der Waals surface area contributed by atoms with Gasteiger partial charge in [-0.2, -0.15) is 36.5 Å². The van der Waals surface area contributed by atoms with Crippen molar-refractivity contribution in [3.63, 3.8) is 0 Å². The first kappa shape index (κ1) is 32.7. The summed E-state index contributed by atoms with van der Waals surface area (Å²) in [5.41, 5.74) is 7.30. The van der Waals surface area contributed by atoms with E-state index in [1.54, 1.807) is 0 Å². The summed E-state index contributed by atoms with van der Waals surface area (Å²) in [4.78, 5) is 24.9. The molecule has 3 aromatic heterocycles. The smallest absolute Gasteiger partial charge is 0.475 e. The van der Waals surface area contributed by atoms with E-state index in [0.717, 1.165) is 65.1 Å². The van der Waals surface area contributed by atoms with Gasteiger partial charge in [0.25, 0.3) is 0 Å². The number of carboxylic acid groups (broad SMARTS) is 2. The largest absolute Gasteiger partial charge is 0.490 e. The molecule has 0 radical (unpaired) electrons. The quantitative estimate of drug-likeness (QED) is 0.260. The van der Waals surface area contributed by atoms with Gasteiger partial charge in [-0.05, 0) is 29.3 Å². The molecule has 1 saturated heterocycles. The molecule has 0 spiro atoms. The third-order valence-corrected chi connectivity index (χ3v) is 6.37. The van der Waals surface area contributed by atoms with Gasteiger partial charge < -0.3 is 19.8 Å². The lowest BCUT2D eigenvalue weighted by molar-refractivity contribution is -0.193. The molecule has 0 unspecified atom stereocenters. The summed E-state index contributed by atoms with van der Waals surface area (Å²) in [5, 5.41) is 24.5. The zero-order chi connectivity index (χ0) is 32.9. The summed E-state index contributed by atoms with van der Waals surface area (Å²) in [6.07, 6.45) is -2.28. The van der Waals surface area contributed by atoms with Crippen LogP contribution in [0.15, 0.2) is 67.3 Å². The summed E-state index contributed by atoms with van der Waals surface area (Å²) in [6.45, 7) is 3.45. The third-order valence-electron chi connectivity index (χ3n) is 6.37. The number of hydrogen-bond donors (Lipinski definition) is 2. The number of alkyl halides is 6. The first-order valence-electron chi connectivity index (χ1n) is 12.9. The number of aromatic nitrogens is 5. The molecule has 1 aliphatic rings. The number of aliphatic carboxylic acids is 2. The molecule has 45 heavy (non-hydrogen) atoms. The van der Waals surface area contributed by atoms with Gasteiger partial charge in [0.05, 0.1) is 24.9 Å². The van der Waals surface area contributed by atoms with Gasteiger partial charge in [0, 0.05) is 60.9 Å². The van der Waals surface area contributed by atoms with E-state index in [2.05, 4.69) is 45.4 Å². The number of carboxylic acids is 2. The van der Waals surface area contributed by atoms with Gasteiger partial charge in [-0.25, -0.2) is 19.1 Å². The minimum atomic E-state index is -5.08. The van der Waals surface area contributed by atoms with Crippen molar-refractivity contribution in [2.24, 2.45) is 7.05 Å². The highest BCUT2D eigenvalue weighted by Crippen LogP contribution is 2.31. The molecule has 1 aliphatic heterocycles. The van der Waals surface area contributed by atoms with Crippen molar-refractivity contribution < 1.29 is 50.9 Å². The first-order chi connectivity index (χ1) is 21.1. The van der Waals surface area contributed by atoms with Crippen LogP contribution >= 0.6 is 0 Å². The minimum absolute atomic E-state index is 0.788. The summed E-state index contributed by atoms with van der Waals surface area (Å²) in [7, 11) is 1.94. The van der Waals surface area contributed by atoms with E-state index in [1.165, 1.54) is 5.69 Å². The van der Waals surface area contributed by atoms with Crippen LogP contribution in [-0.2, 0) is 21.4 Å². The number of anilines is 1. The second-order valence-corrected chi connectivity index (χ2v) is 9.46. The zero-order valence-electron chi connectivity index (χ0n) is 23.2. The predicted molar refractivity (Wildman–Crippen MR) is 149 cm³/mol. The van der Waals surface area contributed by atoms with Gasteiger partial charge in [0.1, 0.15) is 0 Å². The number of benzene rings is 2. The van der Waals surface area contributed by atoms with Crippen LogP contribution in [0.5, 0.6) is 0 Å². The Hall–Kier alpha value is -5.19. The van der Waals surface area contributed by atoms with Crippen molar-refractivity contribution in [3.05, 3.63) is 67.3 Å². The summed E-state index contributed by atoms with van der Waals surface area (Å²) < 4.78 is 72.6. The average molecular weight is 639 g/mol. The molecule has 11 nitrogen and oxygen atoms in total. The maximum absolute atomic E-state index is 10.6. The Morgan fingerprint density at radius 3 is 2.00 bits per heavy atom. The molecule has 5 aromatic rings. The highest BCUT2D eigenvalue weighted by Gasteiger charge is 2.38. The third kappa shape index (κ3) is 8.05. The van der Waals surface area contributed by atoms with Crippen LogP contribution in [0.2, 0.25) is 0 Å². The summed E-state index contributed by atoms with van der Waals surface area (Å²) >= 11 is 0. The van der Waals surface area contributed by atoms with Crippen molar-refractivity contribution in [1.82, 2.24) is 24.4 Å². The SMILES string of the molecule is Cn1cc2c(-c3cnn4cc(-c5ccc(N6CCOCC6)cc5)cnc34)cccc2n1.O=C(O)C(F)(F)F.O=C(O)C(F)(F)F. The Balaban J connectivity index is 0.000000277. The molecule has 0 bridgehead atoms. The van der Waals surface area contributed by atoms with E-state index in [9.17, 15) is 26.3 Å². The van der Waals surface area contributed by atoms with Crippen LogP contribution in [-0.4, -0.2) is 85.2 Å². The fourth-order valence-electron chi connectivity index (χ4n) is 4.30. The van der Waals surface area contributed by atoms with Crippen molar-refractivity contribution in [1.29, 1.82) is 0 Å². The molecule has 17 heteroatoms. The summed E-state index contributed by atoms with van der Waals surface area (Å²) in [5.74, 6) is -5.51. The van der Waals surface area contributed by atoms with E-state index in [-0.39, 0.29) is 0 Å². The average Bonchev–Trinajstić information content (AvgIpc) is 3.59. The zero-order valence-corrected chi connectivity index (χ0v) is 23.2. The molecular formula is C28H24F6N6O5. The molecule has 1 fully saturated rings. The second kappa shape index (κ2) is 13.2. The topological polar surface area (TPSA) is 135 Å². The Morgan fingerprint density at radius 2 is 1.42 bits per heavy atom. The number of hydrogen-bond acceptors (Lipinski definition) is 7. The Kier molecular flexibility index (Phi) is 9.60. The van der Waals surface area contributed by atoms with Gasteiger partial charge in [-0.3, -0.25) is 4.68 Å². The van der Waals surface area contributed by atoms with Crippen LogP contribution < -0.4 is 4.90 Å². The normalized spacial score (nSPS) is 13.5. The number of rotatable bonds is 3. The van der Waals surface area contributed by atoms with Crippen LogP contribution in [0.3, 0.4) is 0 Å². The van der Waals surface area contributed by atoms with E-state index < -0.39 is 24.3 Å². The van der Waals surface area contributed by atoms with Gasteiger partial charge in [0.2, 0.25) is 0 Å². The molecule has 238 valence electrons. The molecule has 6 rings (SSSR count). The number of ether oxygens (including phenoxy) is 1. The van der Waals surface area contributed by atoms with E-state index in [4.69, 9.17) is 29.5 Å². The number of carbonyl (C=O) groups is 2. The standard InChI is InChI=1S/C24H22N6O.2C2HF3O2/c1-28-16-22-20(3-2-4-23(22)27-28)21-14-26-30-15-18(13-25-24(21)30)17-5-7-19(8-6-17)29-9-11-31-12-10-29;2*3-2(4,5)1(6)7/h2-8,13-16H,9-12H2,1H3;2*(H,6,7). The van der Waals surface area contributed by atoms with Crippen LogP contribution in [0.25, 0.3) is 38.8 Å². The van der Waals surface area contributed by atoms with Gasteiger partial charge in [-0.15, -0.1) is 0 Å². The molecule has 0 saturated carbocycles. The predicted octanol–water partition coefficient (Wildman–Crippen LogP) is 5.05. The fraction of sp³-hybridized carbons (Fsp3) is 0.250. The maximum atomic E-state index is 10.6. The molecule has 2 aromatic carbocycles. The lowest BCUT2D eigenvalue weighted by Crippen LogP contribution is -2.36. The lowest BCUT2D eigenvalue weighted by Gasteiger charge is -2.28. The number of morpholine rings is 1. The molecule has 0 atom stereocenters. The maximum Gasteiger partial charge on any atom is 0.490 e. The summed E-state index contributed by atoms with van der Waals surface area (Å²) in [6, 6.07) is 14.8. The molecule has 2 N–H and O–H groups in total. The lowest BCUT2D eigenvalue weighted by atomic mass is 10.0. The van der Waals surface area contributed by atoms with Gasteiger partial charge >= 0.3 is 24.3 Å². The van der Waals surface area contributed by atoms with Crippen LogP contribution in [0, 0.1) is 0 Å². The van der Waals surface area contributed by atoms with Crippen molar-refractivity contribution in [3.8, 4) is 22.3 Å². The fourth-order valence-corrected chi connectivity index (χ4v) is 4.30. The van der Waals surface area contributed by atoms with Crippen molar-refractivity contribution in [2.75, 3.05) is 31.2 Å². The Bertz CT molecular complexity index is 1770. The van der Waals surface area contributed by atoms with Gasteiger partial charge in [-0.1, -0.05) is 24.3 Å². The monoisotopic (exact) mass is 638 g/mol. The van der Waals surface area contributed by atoms with Crippen LogP contribution in [0.1, 0.15) is 0 Å². The number of fused-ring (bicyclic) bond motifs is 2. The Morgan fingerprint density at radius 1 is 0.822 bits per heavy atom. The number of aryl methyl sites for hydroxylation is 1. The minimum Gasteiger partial charge on any atom is -0.475 e. The first-order valence-corrected chi connectivity index (χ1v) is 12.9. The van der Waals surface area contributed by atoms with Gasteiger partial charge in [0.15, 0.2) is 5.65 Å². The van der Waals surface area contributed by atoms with E-state index in [0.29, 0.717) is 0 Å². The molecule has 0 amide bonds. The highest BCUT2D eigenvalue weighted by atomic mass is 19.4. The second-order valence-electron chi connectivity index (χ2n) is 9.46. The molecule has 4 heterocycles. The molecule has 0 aliphatic carbocycles. The van der Waals surface area contributed by atoms with E-state index in [1.807, 2.05) is 53.2 Å². The Labute approximate surface area is 249 Å². The highest BCUT2D eigenvalue weighted by molar-refractivity contribution is 5.97. The number of halogens is 6. The molecular weight excluding hydrogens is 614 g/mol.